The normalized spacial score (nSPS) is 24.5. The molecule has 0 saturated carbocycles. The molecule has 2 unspecified atom stereocenters. The number of hydrogen-bond acceptors (Lipinski definition) is 2. The summed E-state index contributed by atoms with van der Waals surface area (Å²) in [6.45, 7) is 6.39. The number of nitrogens with one attached hydrogen (secondary N) is 1. The fourth-order valence-electron chi connectivity index (χ4n) is 1.74. The number of carbonyl (C=O) groups is 1. The fourth-order valence-corrected chi connectivity index (χ4v) is 1.74. The molecule has 2 atom stereocenters. The Bertz CT molecular complexity index is 235. The van der Waals surface area contributed by atoms with Gasteiger partial charge in [-0.05, 0) is 18.3 Å². The average Bonchev–Trinajstić information content (AvgIpc) is 2.28. The van der Waals surface area contributed by atoms with E-state index in [2.05, 4.69) is 31.1 Å². The SMILES string of the molecule is CC(C)CC(C)C1NC(=O)N=C1N. The van der Waals surface area contributed by atoms with Crippen LogP contribution in [0.3, 0.4) is 0 Å². The van der Waals surface area contributed by atoms with E-state index >= 15 is 0 Å². The Morgan fingerprint density at radius 1 is 1.54 bits per heavy atom. The maximum absolute atomic E-state index is 10.9. The predicted octanol–water partition coefficient (Wildman–Crippen LogP) is 1.12. The zero-order valence-corrected chi connectivity index (χ0v) is 8.37. The predicted molar refractivity (Wildman–Crippen MR) is 52.6 cm³/mol. The lowest BCUT2D eigenvalue weighted by Gasteiger charge is -2.20. The van der Waals surface area contributed by atoms with Crippen LogP contribution in [0.5, 0.6) is 0 Å². The van der Waals surface area contributed by atoms with Gasteiger partial charge in [-0.2, -0.15) is 4.99 Å². The minimum absolute atomic E-state index is 0.0603. The van der Waals surface area contributed by atoms with Gasteiger partial charge in [0.1, 0.15) is 5.84 Å². The lowest BCUT2D eigenvalue weighted by Crippen LogP contribution is -2.41. The maximum atomic E-state index is 10.9. The van der Waals surface area contributed by atoms with Crippen molar-refractivity contribution in [1.82, 2.24) is 5.32 Å². The van der Waals surface area contributed by atoms with Gasteiger partial charge in [-0.3, -0.25) is 0 Å². The highest BCUT2D eigenvalue weighted by Gasteiger charge is 2.28. The summed E-state index contributed by atoms with van der Waals surface area (Å²) in [6.07, 6.45) is 1.04. The topological polar surface area (TPSA) is 67.5 Å². The number of nitrogens with zero attached hydrogens (tertiary/aromatic N) is 1. The molecular weight excluding hydrogens is 166 g/mol. The molecule has 3 N–H and O–H groups in total. The van der Waals surface area contributed by atoms with E-state index in [1.807, 2.05) is 0 Å². The molecule has 1 aliphatic heterocycles. The van der Waals surface area contributed by atoms with Gasteiger partial charge < -0.3 is 11.1 Å². The summed E-state index contributed by atoms with van der Waals surface area (Å²) in [7, 11) is 0. The van der Waals surface area contributed by atoms with Crippen molar-refractivity contribution in [2.45, 2.75) is 33.2 Å². The molecule has 1 rings (SSSR count). The van der Waals surface area contributed by atoms with Crippen LogP contribution >= 0.6 is 0 Å². The first-order valence-electron chi connectivity index (χ1n) is 4.65. The molecule has 4 heteroatoms. The average molecular weight is 183 g/mol. The summed E-state index contributed by atoms with van der Waals surface area (Å²) in [5, 5.41) is 2.74. The first-order chi connectivity index (χ1) is 6.00. The molecule has 0 radical (unpaired) electrons. The van der Waals surface area contributed by atoms with Crippen LogP contribution in [0.4, 0.5) is 4.79 Å². The van der Waals surface area contributed by atoms with Crippen molar-refractivity contribution in [3.05, 3.63) is 0 Å². The van der Waals surface area contributed by atoms with E-state index in [-0.39, 0.29) is 12.1 Å². The van der Waals surface area contributed by atoms with E-state index in [1.165, 1.54) is 0 Å². The van der Waals surface area contributed by atoms with Crippen LogP contribution in [0.15, 0.2) is 4.99 Å². The van der Waals surface area contributed by atoms with Gasteiger partial charge >= 0.3 is 6.03 Å². The second-order valence-corrected chi connectivity index (χ2v) is 4.07. The molecule has 0 aromatic carbocycles. The van der Waals surface area contributed by atoms with Gasteiger partial charge in [0.2, 0.25) is 0 Å². The van der Waals surface area contributed by atoms with E-state index < -0.39 is 0 Å². The third-order valence-electron chi connectivity index (χ3n) is 2.24. The molecular formula is C9H17N3O. The highest BCUT2D eigenvalue weighted by Crippen LogP contribution is 2.17. The highest BCUT2D eigenvalue weighted by atomic mass is 16.2. The van der Waals surface area contributed by atoms with E-state index in [0.717, 1.165) is 6.42 Å². The molecule has 0 aliphatic carbocycles. The van der Waals surface area contributed by atoms with Crippen molar-refractivity contribution in [3.8, 4) is 0 Å². The summed E-state index contributed by atoms with van der Waals surface area (Å²) >= 11 is 0. The summed E-state index contributed by atoms with van der Waals surface area (Å²) in [4.78, 5) is 14.5. The highest BCUT2D eigenvalue weighted by molar-refractivity contribution is 6.02. The zero-order chi connectivity index (χ0) is 10.0. The Balaban J connectivity index is 2.54. The molecule has 0 bridgehead atoms. The van der Waals surface area contributed by atoms with Crippen LogP contribution in [0.25, 0.3) is 0 Å². The lowest BCUT2D eigenvalue weighted by atomic mass is 9.92. The maximum Gasteiger partial charge on any atom is 0.343 e. The summed E-state index contributed by atoms with van der Waals surface area (Å²) < 4.78 is 0. The van der Waals surface area contributed by atoms with Crippen molar-refractivity contribution in [2.24, 2.45) is 22.6 Å². The van der Waals surface area contributed by atoms with Crippen molar-refractivity contribution in [1.29, 1.82) is 0 Å². The van der Waals surface area contributed by atoms with Crippen molar-refractivity contribution in [2.75, 3.05) is 0 Å². The summed E-state index contributed by atoms with van der Waals surface area (Å²) in [5.41, 5.74) is 5.61. The molecule has 1 aliphatic rings. The van der Waals surface area contributed by atoms with Gasteiger partial charge in [0.25, 0.3) is 0 Å². The Kier molecular flexibility index (Phi) is 2.90. The van der Waals surface area contributed by atoms with E-state index in [0.29, 0.717) is 17.7 Å². The van der Waals surface area contributed by atoms with Crippen LogP contribution < -0.4 is 11.1 Å². The largest absolute Gasteiger partial charge is 0.385 e. The monoisotopic (exact) mass is 183 g/mol. The fraction of sp³-hybridized carbons (Fsp3) is 0.778. The summed E-state index contributed by atoms with van der Waals surface area (Å²) in [6, 6.07) is -0.368. The second kappa shape index (κ2) is 3.77. The number of carbonyl (C=O) groups excluding carboxylic acids is 1. The van der Waals surface area contributed by atoms with Gasteiger partial charge in [0.05, 0.1) is 6.04 Å². The quantitative estimate of drug-likeness (QED) is 0.688. The molecule has 0 aromatic heterocycles. The van der Waals surface area contributed by atoms with Crippen LogP contribution in [-0.4, -0.2) is 17.9 Å². The molecule has 0 aromatic rings. The third kappa shape index (κ3) is 2.44. The lowest BCUT2D eigenvalue weighted by molar-refractivity contribution is 0.247. The Morgan fingerprint density at radius 3 is 2.54 bits per heavy atom. The molecule has 74 valence electrons. The molecule has 0 spiro atoms. The van der Waals surface area contributed by atoms with Crippen LogP contribution in [0.2, 0.25) is 0 Å². The van der Waals surface area contributed by atoms with E-state index in [9.17, 15) is 4.79 Å². The van der Waals surface area contributed by atoms with Gasteiger partial charge in [-0.15, -0.1) is 0 Å². The minimum atomic E-state index is -0.307. The van der Waals surface area contributed by atoms with Crippen molar-refractivity contribution >= 4 is 11.9 Å². The summed E-state index contributed by atoms with van der Waals surface area (Å²) in [5.74, 6) is 1.40. The van der Waals surface area contributed by atoms with Crippen molar-refractivity contribution < 1.29 is 4.79 Å². The molecule has 4 nitrogen and oxygen atoms in total. The van der Waals surface area contributed by atoms with Crippen LogP contribution in [0.1, 0.15) is 27.2 Å². The molecule has 1 heterocycles. The Labute approximate surface area is 78.6 Å². The molecule has 0 fully saturated rings. The smallest absolute Gasteiger partial charge is 0.343 e. The number of amidine groups is 1. The Morgan fingerprint density at radius 2 is 2.15 bits per heavy atom. The first kappa shape index (κ1) is 10.0. The second-order valence-electron chi connectivity index (χ2n) is 4.07. The minimum Gasteiger partial charge on any atom is -0.385 e. The molecule has 2 amide bonds. The zero-order valence-electron chi connectivity index (χ0n) is 8.37. The third-order valence-corrected chi connectivity index (χ3v) is 2.24. The first-order valence-corrected chi connectivity index (χ1v) is 4.65. The van der Waals surface area contributed by atoms with Gasteiger partial charge in [-0.25, -0.2) is 4.79 Å². The molecule has 13 heavy (non-hydrogen) atoms. The Hall–Kier alpha value is -1.06. The molecule has 0 saturated heterocycles. The van der Waals surface area contributed by atoms with Crippen LogP contribution in [-0.2, 0) is 0 Å². The number of rotatable bonds is 3. The number of aliphatic imine (C=N–C) groups is 1. The van der Waals surface area contributed by atoms with Crippen molar-refractivity contribution in [3.63, 3.8) is 0 Å². The number of urea groups is 1. The number of nitrogens with two attached hydrogens (primary N) is 1. The van der Waals surface area contributed by atoms with Crippen LogP contribution in [0, 0.1) is 11.8 Å². The van der Waals surface area contributed by atoms with Gasteiger partial charge in [0, 0.05) is 0 Å². The van der Waals surface area contributed by atoms with Gasteiger partial charge in [0.15, 0.2) is 0 Å². The van der Waals surface area contributed by atoms with E-state index in [1.54, 1.807) is 0 Å². The van der Waals surface area contributed by atoms with E-state index in [4.69, 9.17) is 5.73 Å². The standard InChI is InChI=1S/C9H17N3O/c1-5(2)4-6(3)7-8(10)12-9(13)11-7/h5-7H,4H2,1-3H3,(H3,10,11,12,13). The number of hydrogen-bond donors (Lipinski definition) is 2. The van der Waals surface area contributed by atoms with Gasteiger partial charge in [-0.1, -0.05) is 20.8 Å². The number of amides is 2.